The van der Waals surface area contributed by atoms with Gasteiger partial charge in [-0.2, -0.15) is 0 Å². The zero-order chi connectivity index (χ0) is 13.1. The fourth-order valence-electron chi connectivity index (χ4n) is 1.32. The number of nitrogens with one attached hydrogen (secondary N) is 1. The summed E-state index contributed by atoms with van der Waals surface area (Å²) in [7, 11) is 0. The maximum absolute atomic E-state index is 13.0. The van der Waals surface area contributed by atoms with Crippen molar-refractivity contribution in [2.24, 2.45) is 0 Å². The van der Waals surface area contributed by atoms with Crippen molar-refractivity contribution in [1.82, 2.24) is 5.32 Å². The van der Waals surface area contributed by atoms with Crippen molar-refractivity contribution in [2.45, 2.75) is 25.8 Å². The van der Waals surface area contributed by atoms with Crippen LogP contribution in [-0.2, 0) is 0 Å². The second-order valence-corrected chi connectivity index (χ2v) is 6.05. The second kappa shape index (κ2) is 5.96. The first-order valence-electron chi connectivity index (χ1n) is 5.19. The smallest absolute Gasteiger partial charge is 0.251 e. The van der Waals surface area contributed by atoms with E-state index in [9.17, 15) is 9.18 Å². The van der Waals surface area contributed by atoms with Crippen LogP contribution in [0.15, 0.2) is 22.7 Å². The van der Waals surface area contributed by atoms with E-state index in [2.05, 4.69) is 37.2 Å². The van der Waals surface area contributed by atoms with Crippen molar-refractivity contribution in [3.05, 3.63) is 34.1 Å². The van der Waals surface area contributed by atoms with Gasteiger partial charge in [0.05, 0.1) is 4.47 Å². The van der Waals surface area contributed by atoms with Crippen LogP contribution in [0.4, 0.5) is 4.39 Å². The highest BCUT2D eigenvalue weighted by atomic mass is 79.9. The Morgan fingerprint density at radius 3 is 2.65 bits per heavy atom. The minimum Gasteiger partial charge on any atom is -0.347 e. The Balaban J connectivity index is 2.80. The van der Waals surface area contributed by atoms with Gasteiger partial charge in [-0.25, -0.2) is 4.39 Å². The molecule has 0 bridgehead atoms. The van der Waals surface area contributed by atoms with Crippen LogP contribution in [0.1, 0.15) is 30.6 Å². The Labute approximate surface area is 117 Å². The quantitative estimate of drug-likeness (QED) is 0.805. The van der Waals surface area contributed by atoms with E-state index in [1.807, 2.05) is 13.8 Å². The third-order valence-electron chi connectivity index (χ3n) is 2.35. The molecule has 0 saturated carbocycles. The summed E-state index contributed by atoms with van der Waals surface area (Å²) in [5.41, 5.74) is 0.155. The van der Waals surface area contributed by atoms with E-state index >= 15 is 0 Å². The van der Waals surface area contributed by atoms with Crippen LogP contribution in [0.3, 0.4) is 0 Å². The van der Waals surface area contributed by atoms with Crippen LogP contribution < -0.4 is 5.32 Å². The third kappa shape index (κ3) is 4.39. The zero-order valence-corrected chi connectivity index (χ0v) is 12.9. The van der Waals surface area contributed by atoms with Gasteiger partial charge < -0.3 is 5.32 Å². The Bertz CT molecular complexity index is 421. The van der Waals surface area contributed by atoms with E-state index in [0.29, 0.717) is 10.0 Å². The minimum absolute atomic E-state index is 0.198. The summed E-state index contributed by atoms with van der Waals surface area (Å²) >= 11 is 6.41. The molecule has 0 spiro atoms. The molecule has 94 valence electrons. The Kier molecular flexibility index (Phi) is 5.13. The third-order valence-corrected chi connectivity index (χ3v) is 3.36. The summed E-state index contributed by atoms with van der Waals surface area (Å²) < 4.78 is 13.3. The molecule has 0 fully saturated rings. The number of rotatable bonds is 4. The highest BCUT2D eigenvalue weighted by molar-refractivity contribution is 9.10. The van der Waals surface area contributed by atoms with Gasteiger partial charge in [-0.1, -0.05) is 15.9 Å². The molecule has 2 nitrogen and oxygen atoms in total. The number of carbonyl (C=O) groups is 1. The first kappa shape index (κ1) is 14.6. The molecule has 0 radical (unpaired) electrons. The van der Waals surface area contributed by atoms with Crippen LogP contribution in [0.2, 0.25) is 0 Å². The van der Waals surface area contributed by atoms with Gasteiger partial charge >= 0.3 is 0 Å². The predicted molar refractivity (Wildman–Crippen MR) is 74.1 cm³/mol. The highest BCUT2D eigenvalue weighted by Crippen LogP contribution is 2.18. The molecule has 0 aromatic heterocycles. The first-order chi connectivity index (χ1) is 7.85. The van der Waals surface area contributed by atoms with Crippen LogP contribution in [-0.4, -0.2) is 16.8 Å². The normalized spacial score (nSPS) is 11.4. The average molecular weight is 367 g/mol. The number of hydrogen-bond acceptors (Lipinski definition) is 1. The molecule has 1 aromatic carbocycles. The Morgan fingerprint density at radius 2 is 2.12 bits per heavy atom. The molecular weight excluding hydrogens is 353 g/mol. The van der Waals surface area contributed by atoms with E-state index in [-0.39, 0.29) is 17.3 Å². The highest BCUT2D eigenvalue weighted by Gasteiger charge is 2.20. The Morgan fingerprint density at radius 1 is 1.47 bits per heavy atom. The van der Waals surface area contributed by atoms with Crippen molar-refractivity contribution in [3.63, 3.8) is 0 Å². The lowest BCUT2D eigenvalue weighted by Crippen LogP contribution is -2.43. The standard InChI is InChI=1S/C12H14Br2FNO/c1-12(2,5-6-13)16-11(17)8-3-4-10(15)9(14)7-8/h3-4,7H,5-6H2,1-2H3,(H,16,17). The van der Waals surface area contributed by atoms with E-state index in [4.69, 9.17) is 0 Å². The molecule has 0 aliphatic heterocycles. The van der Waals surface area contributed by atoms with Gasteiger partial charge in [-0.3, -0.25) is 4.79 Å². The molecule has 17 heavy (non-hydrogen) atoms. The average Bonchev–Trinajstić information content (AvgIpc) is 2.21. The van der Waals surface area contributed by atoms with Gasteiger partial charge in [0.15, 0.2) is 0 Å². The van der Waals surface area contributed by atoms with Crippen LogP contribution >= 0.6 is 31.9 Å². The second-order valence-electron chi connectivity index (χ2n) is 4.41. The number of benzene rings is 1. The molecular formula is C12H14Br2FNO. The van der Waals surface area contributed by atoms with Crippen molar-refractivity contribution in [3.8, 4) is 0 Å². The summed E-state index contributed by atoms with van der Waals surface area (Å²) in [4.78, 5) is 11.9. The van der Waals surface area contributed by atoms with E-state index < -0.39 is 0 Å². The monoisotopic (exact) mass is 365 g/mol. The molecule has 0 unspecified atom stereocenters. The number of alkyl halides is 1. The van der Waals surface area contributed by atoms with Crippen molar-refractivity contribution < 1.29 is 9.18 Å². The summed E-state index contributed by atoms with van der Waals surface area (Å²) in [6.07, 6.45) is 0.821. The fourth-order valence-corrected chi connectivity index (χ4v) is 2.69. The molecule has 0 saturated heterocycles. The summed E-state index contributed by atoms with van der Waals surface area (Å²) in [5, 5.41) is 3.72. The summed E-state index contributed by atoms with van der Waals surface area (Å²) in [6.45, 7) is 3.90. The number of amides is 1. The number of carbonyl (C=O) groups excluding carboxylic acids is 1. The van der Waals surface area contributed by atoms with Crippen molar-refractivity contribution >= 4 is 37.8 Å². The van der Waals surface area contributed by atoms with Gasteiger partial charge in [0.1, 0.15) is 5.82 Å². The van der Waals surface area contributed by atoms with Crippen LogP contribution in [0.25, 0.3) is 0 Å². The fraction of sp³-hybridized carbons (Fsp3) is 0.417. The van der Waals surface area contributed by atoms with Gasteiger partial charge in [-0.15, -0.1) is 0 Å². The minimum atomic E-state index is -0.374. The van der Waals surface area contributed by atoms with Crippen LogP contribution in [0, 0.1) is 5.82 Å². The molecule has 1 rings (SSSR count). The van der Waals surface area contributed by atoms with Gasteiger partial charge in [0.2, 0.25) is 0 Å². The van der Waals surface area contributed by atoms with Gasteiger partial charge in [0, 0.05) is 16.4 Å². The van der Waals surface area contributed by atoms with Gasteiger partial charge in [-0.05, 0) is 54.4 Å². The first-order valence-corrected chi connectivity index (χ1v) is 7.11. The topological polar surface area (TPSA) is 29.1 Å². The molecule has 1 aromatic rings. The van der Waals surface area contributed by atoms with E-state index in [1.165, 1.54) is 18.2 Å². The summed E-state index contributed by atoms with van der Waals surface area (Å²) in [5.74, 6) is -0.571. The number of halogens is 3. The lowest BCUT2D eigenvalue weighted by molar-refractivity contribution is 0.0912. The SMILES string of the molecule is CC(C)(CCBr)NC(=O)c1ccc(F)c(Br)c1. The number of hydrogen-bond donors (Lipinski definition) is 1. The molecule has 0 heterocycles. The Hall–Kier alpha value is -0.420. The van der Waals surface area contributed by atoms with E-state index in [1.54, 1.807) is 0 Å². The maximum Gasteiger partial charge on any atom is 0.251 e. The predicted octanol–water partition coefficient (Wildman–Crippen LogP) is 3.88. The largest absolute Gasteiger partial charge is 0.347 e. The maximum atomic E-state index is 13.0. The lowest BCUT2D eigenvalue weighted by atomic mass is 10.0. The molecule has 1 N–H and O–H groups in total. The summed E-state index contributed by atoms with van der Waals surface area (Å²) in [6, 6.07) is 4.23. The lowest BCUT2D eigenvalue weighted by Gasteiger charge is -2.25. The van der Waals surface area contributed by atoms with Crippen molar-refractivity contribution in [1.29, 1.82) is 0 Å². The van der Waals surface area contributed by atoms with Crippen molar-refractivity contribution in [2.75, 3.05) is 5.33 Å². The van der Waals surface area contributed by atoms with Crippen LogP contribution in [0.5, 0.6) is 0 Å². The molecule has 1 amide bonds. The zero-order valence-electron chi connectivity index (χ0n) is 9.69. The van der Waals surface area contributed by atoms with E-state index in [0.717, 1.165) is 11.8 Å². The molecule has 5 heteroatoms. The molecule has 0 aliphatic rings. The molecule has 0 atom stereocenters. The molecule has 0 aliphatic carbocycles. The van der Waals surface area contributed by atoms with Gasteiger partial charge in [0.25, 0.3) is 5.91 Å².